The molecule has 0 aliphatic carbocycles. The van der Waals surface area contributed by atoms with Crippen molar-refractivity contribution in [2.75, 3.05) is 18.0 Å². The minimum atomic E-state index is -0.584. The maximum absolute atomic E-state index is 13.4. The van der Waals surface area contributed by atoms with Crippen LogP contribution in [0.5, 0.6) is 0 Å². The van der Waals surface area contributed by atoms with Crippen molar-refractivity contribution in [3.8, 4) is 11.1 Å². The smallest absolute Gasteiger partial charge is 0.410 e. The maximum atomic E-state index is 13.4. The van der Waals surface area contributed by atoms with E-state index in [0.717, 1.165) is 40.9 Å². The van der Waals surface area contributed by atoms with Crippen LogP contribution in [0.15, 0.2) is 29.0 Å². The average Bonchev–Trinajstić information content (AvgIpc) is 3.38. The molecule has 0 saturated carbocycles. The number of benzene rings is 1. The summed E-state index contributed by atoms with van der Waals surface area (Å²) < 4.78 is 10.6. The van der Waals surface area contributed by atoms with E-state index in [0.29, 0.717) is 19.5 Å². The molecule has 7 heteroatoms. The van der Waals surface area contributed by atoms with Gasteiger partial charge in [-0.15, -0.1) is 0 Å². The van der Waals surface area contributed by atoms with Crippen LogP contribution in [-0.4, -0.2) is 46.8 Å². The van der Waals surface area contributed by atoms with Gasteiger partial charge in [0.25, 0.3) is 0 Å². The number of fused-ring (bicyclic) bond motifs is 1. The Morgan fingerprint density at radius 1 is 1.21 bits per heavy atom. The average molecular weight is 397 g/mol. The van der Waals surface area contributed by atoms with Crippen LogP contribution >= 0.6 is 0 Å². The monoisotopic (exact) mass is 397 g/mol. The molecule has 3 heterocycles. The Bertz CT molecular complexity index is 944. The number of amides is 2. The summed E-state index contributed by atoms with van der Waals surface area (Å²) in [5.41, 5.74) is 4.27. The second-order valence-corrected chi connectivity index (χ2v) is 8.69. The first kappa shape index (κ1) is 19.5. The fourth-order valence-electron chi connectivity index (χ4n) is 4.21. The molecule has 0 bridgehead atoms. The second kappa shape index (κ2) is 7.21. The lowest BCUT2D eigenvalue weighted by atomic mass is 9.98. The highest BCUT2D eigenvalue weighted by molar-refractivity contribution is 6.01. The topological polar surface area (TPSA) is 75.9 Å². The third kappa shape index (κ3) is 3.61. The van der Waals surface area contributed by atoms with Crippen molar-refractivity contribution < 1.29 is 18.8 Å². The lowest BCUT2D eigenvalue weighted by molar-refractivity contribution is -0.122. The fourth-order valence-corrected chi connectivity index (χ4v) is 4.21. The largest absolute Gasteiger partial charge is 0.444 e. The van der Waals surface area contributed by atoms with Crippen molar-refractivity contribution in [3.63, 3.8) is 0 Å². The molecule has 1 aromatic carbocycles. The fraction of sp³-hybridized carbons (Fsp3) is 0.500. The van der Waals surface area contributed by atoms with Gasteiger partial charge < -0.3 is 14.2 Å². The van der Waals surface area contributed by atoms with Gasteiger partial charge >= 0.3 is 6.09 Å². The number of carbonyl (C=O) groups is 2. The third-order valence-electron chi connectivity index (χ3n) is 5.50. The molecule has 1 atom stereocenters. The number of carbonyl (C=O) groups excluding carboxylic acids is 2. The van der Waals surface area contributed by atoms with Crippen LogP contribution in [0, 0.1) is 6.92 Å². The highest BCUT2D eigenvalue weighted by Crippen LogP contribution is 2.38. The number of aromatic nitrogens is 1. The Morgan fingerprint density at radius 2 is 2.00 bits per heavy atom. The molecule has 4 rings (SSSR count). The van der Waals surface area contributed by atoms with Crippen LogP contribution in [0.4, 0.5) is 10.5 Å². The molecule has 2 aliphatic heterocycles. The van der Waals surface area contributed by atoms with Crippen LogP contribution in [0.1, 0.15) is 44.9 Å². The molecular weight excluding hydrogens is 370 g/mol. The summed E-state index contributed by atoms with van der Waals surface area (Å²) in [6.45, 7) is 8.57. The molecule has 1 unspecified atom stereocenters. The maximum Gasteiger partial charge on any atom is 0.410 e. The van der Waals surface area contributed by atoms with Gasteiger partial charge in [-0.2, -0.15) is 0 Å². The first-order valence-corrected chi connectivity index (χ1v) is 10.1. The summed E-state index contributed by atoms with van der Waals surface area (Å²) in [6, 6.07) is 5.48. The van der Waals surface area contributed by atoms with E-state index in [1.54, 1.807) is 11.2 Å². The molecule has 1 fully saturated rings. The molecule has 2 amide bonds. The lowest BCUT2D eigenvalue weighted by Gasteiger charge is -2.30. The number of anilines is 1. The molecule has 2 aliphatic rings. The van der Waals surface area contributed by atoms with Gasteiger partial charge in [-0.1, -0.05) is 17.3 Å². The van der Waals surface area contributed by atoms with E-state index in [1.807, 2.05) is 50.8 Å². The van der Waals surface area contributed by atoms with E-state index in [4.69, 9.17) is 9.26 Å². The molecule has 0 radical (unpaired) electrons. The third-order valence-corrected chi connectivity index (χ3v) is 5.50. The zero-order valence-corrected chi connectivity index (χ0v) is 17.4. The Kier molecular flexibility index (Phi) is 4.84. The van der Waals surface area contributed by atoms with E-state index in [2.05, 4.69) is 5.16 Å². The molecular formula is C22H27N3O4. The molecule has 0 spiro atoms. The van der Waals surface area contributed by atoms with E-state index < -0.39 is 17.7 Å². The van der Waals surface area contributed by atoms with Crippen molar-refractivity contribution >= 4 is 17.7 Å². The zero-order chi connectivity index (χ0) is 20.8. The van der Waals surface area contributed by atoms with Gasteiger partial charge in [-0.3, -0.25) is 9.69 Å². The second-order valence-electron chi connectivity index (χ2n) is 8.69. The number of ether oxygens (including phenoxy) is 1. The van der Waals surface area contributed by atoms with E-state index >= 15 is 0 Å². The highest BCUT2D eigenvalue weighted by Gasteiger charge is 2.40. The Labute approximate surface area is 170 Å². The molecule has 29 heavy (non-hydrogen) atoms. The van der Waals surface area contributed by atoms with Crippen LogP contribution < -0.4 is 4.90 Å². The molecule has 154 valence electrons. The zero-order valence-electron chi connectivity index (χ0n) is 17.4. The molecule has 2 aromatic rings. The van der Waals surface area contributed by atoms with Gasteiger partial charge in [0.1, 0.15) is 17.9 Å². The van der Waals surface area contributed by atoms with Crippen molar-refractivity contribution in [3.05, 3.63) is 35.7 Å². The summed E-state index contributed by atoms with van der Waals surface area (Å²) >= 11 is 0. The first-order valence-electron chi connectivity index (χ1n) is 10.1. The summed E-state index contributed by atoms with van der Waals surface area (Å²) in [5.74, 6) is -0.0358. The normalized spacial score (nSPS) is 18.8. The van der Waals surface area contributed by atoms with Crippen LogP contribution in [0.3, 0.4) is 0 Å². The summed E-state index contributed by atoms with van der Waals surface area (Å²) in [5, 5.41) is 3.98. The van der Waals surface area contributed by atoms with Crippen molar-refractivity contribution in [2.24, 2.45) is 0 Å². The van der Waals surface area contributed by atoms with Gasteiger partial charge in [0, 0.05) is 24.3 Å². The number of aryl methyl sites for hydroxylation is 1. The first-order chi connectivity index (χ1) is 13.8. The van der Waals surface area contributed by atoms with E-state index in [-0.39, 0.29) is 5.91 Å². The molecule has 1 aromatic heterocycles. The van der Waals surface area contributed by atoms with Crippen LogP contribution in [0.2, 0.25) is 0 Å². The number of hydrogen-bond donors (Lipinski definition) is 0. The number of likely N-dealkylation sites (tertiary alicyclic amines) is 1. The number of hydrogen-bond acceptors (Lipinski definition) is 5. The summed E-state index contributed by atoms with van der Waals surface area (Å²) in [4.78, 5) is 29.4. The summed E-state index contributed by atoms with van der Waals surface area (Å²) in [7, 11) is 0. The minimum absolute atomic E-state index is 0.0358. The van der Waals surface area contributed by atoms with Gasteiger partial charge in [-0.05, 0) is 64.2 Å². The van der Waals surface area contributed by atoms with Gasteiger partial charge in [0.2, 0.25) is 5.91 Å². The Morgan fingerprint density at radius 3 is 2.69 bits per heavy atom. The Balaban J connectivity index is 1.59. The van der Waals surface area contributed by atoms with Crippen LogP contribution in [0.25, 0.3) is 11.1 Å². The van der Waals surface area contributed by atoms with Gasteiger partial charge in [0.05, 0.1) is 5.69 Å². The molecule has 7 nitrogen and oxygen atoms in total. The predicted molar refractivity (Wildman–Crippen MR) is 109 cm³/mol. The molecule has 0 N–H and O–H groups in total. The van der Waals surface area contributed by atoms with Crippen molar-refractivity contribution in [1.82, 2.24) is 10.1 Å². The highest BCUT2D eigenvalue weighted by atomic mass is 16.6. The van der Waals surface area contributed by atoms with Crippen molar-refractivity contribution in [1.29, 1.82) is 0 Å². The quantitative estimate of drug-likeness (QED) is 0.767. The number of nitrogens with zero attached hydrogens (tertiary/aromatic N) is 3. The van der Waals surface area contributed by atoms with Gasteiger partial charge in [0.15, 0.2) is 0 Å². The van der Waals surface area contributed by atoms with Crippen molar-refractivity contribution in [2.45, 2.75) is 58.6 Å². The van der Waals surface area contributed by atoms with Gasteiger partial charge in [-0.25, -0.2) is 4.79 Å². The SMILES string of the molecule is Cc1nocc1-c1cccc2c1CCN2C(=O)C1CCCN1C(=O)OC(C)(C)C. The minimum Gasteiger partial charge on any atom is -0.444 e. The predicted octanol–water partition coefficient (Wildman–Crippen LogP) is 3.94. The van der Waals surface area contributed by atoms with E-state index in [1.165, 1.54) is 0 Å². The van der Waals surface area contributed by atoms with Crippen LogP contribution in [-0.2, 0) is 16.0 Å². The Hall–Kier alpha value is -2.83. The number of rotatable bonds is 2. The standard InChI is InChI=1S/C22H27N3O4/c1-14-17(13-28-23-14)15-7-5-8-18-16(15)10-12-24(18)20(26)19-9-6-11-25(19)21(27)29-22(2,3)4/h5,7-8,13,19H,6,9-12H2,1-4H3. The molecule has 1 saturated heterocycles. The lowest BCUT2D eigenvalue weighted by Crippen LogP contribution is -2.48. The summed E-state index contributed by atoms with van der Waals surface area (Å²) in [6.07, 6.45) is 3.46. The van der Waals surface area contributed by atoms with E-state index in [9.17, 15) is 9.59 Å².